The summed E-state index contributed by atoms with van der Waals surface area (Å²) in [6.45, 7) is 2.07. The van der Waals surface area contributed by atoms with Crippen molar-refractivity contribution >= 4 is 11.7 Å². The highest BCUT2D eigenvalue weighted by Crippen LogP contribution is 2.18. The summed E-state index contributed by atoms with van der Waals surface area (Å²) in [6.07, 6.45) is 0.625. The molecule has 3 N–H and O–H groups in total. The van der Waals surface area contributed by atoms with Gasteiger partial charge in [-0.2, -0.15) is 0 Å². The number of para-hydroxylation sites is 1. The summed E-state index contributed by atoms with van der Waals surface area (Å²) in [6, 6.07) is 5.04. The van der Waals surface area contributed by atoms with Crippen LogP contribution < -0.4 is 5.73 Å². The van der Waals surface area contributed by atoms with Gasteiger partial charge in [0.25, 0.3) is 0 Å². The molecule has 0 fully saturated rings. The lowest BCUT2D eigenvalue weighted by atomic mass is 10.1. The number of carboxylic acid groups (broad SMARTS) is 1. The van der Waals surface area contributed by atoms with Crippen molar-refractivity contribution in [2.75, 3.05) is 39.6 Å². The largest absolute Gasteiger partial charge is 0.478 e. The summed E-state index contributed by atoms with van der Waals surface area (Å²) >= 11 is 0. The Morgan fingerprint density at radius 3 is 2.72 bits per heavy atom. The molecule has 0 atom stereocenters. The molecule has 0 aliphatic heterocycles. The van der Waals surface area contributed by atoms with E-state index in [1.807, 2.05) is 25.1 Å². The highest BCUT2D eigenvalue weighted by Gasteiger charge is 2.10. The molecule has 100 valence electrons. The molecule has 0 bridgehead atoms. The third-order valence-corrected chi connectivity index (χ3v) is 2.63. The molecule has 18 heavy (non-hydrogen) atoms. The molecule has 5 heteroatoms. The van der Waals surface area contributed by atoms with Crippen LogP contribution in [0.4, 0.5) is 5.69 Å². The van der Waals surface area contributed by atoms with Crippen LogP contribution in [0, 0.1) is 0 Å². The molecule has 0 aliphatic rings. The predicted molar refractivity (Wildman–Crippen MR) is 70.9 cm³/mol. The first-order valence-corrected chi connectivity index (χ1v) is 5.85. The quantitative estimate of drug-likeness (QED) is 0.561. The molecule has 0 saturated carbocycles. The van der Waals surface area contributed by atoms with E-state index in [-0.39, 0.29) is 5.56 Å². The number of hydrogen-bond donors (Lipinski definition) is 2. The molecular formula is C13H20N2O3. The lowest BCUT2D eigenvalue weighted by molar-refractivity contribution is 0.0697. The number of rotatable bonds is 7. The second-order valence-corrected chi connectivity index (χ2v) is 4.35. The molecule has 0 aliphatic carbocycles. The fourth-order valence-electron chi connectivity index (χ4n) is 1.55. The zero-order valence-electron chi connectivity index (χ0n) is 10.8. The van der Waals surface area contributed by atoms with Gasteiger partial charge in [0.15, 0.2) is 0 Å². The molecule has 0 spiro atoms. The monoisotopic (exact) mass is 252 g/mol. The molecule has 1 rings (SSSR count). The molecule has 5 nitrogen and oxygen atoms in total. The Morgan fingerprint density at radius 2 is 2.11 bits per heavy atom. The summed E-state index contributed by atoms with van der Waals surface area (Å²) in [5.74, 6) is -0.997. The van der Waals surface area contributed by atoms with Gasteiger partial charge in [-0.15, -0.1) is 0 Å². The van der Waals surface area contributed by atoms with E-state index in [0.717, 1.165) is 12.1 Å². The number of nitrogens with zero attached hydrogens (tertiary/aromatic N) is 1. The maximum atomic E-state index is 10.9. The van der Waals surface area contributed by atoms with Crippen molar-refractivity contribution in [1.29, 1.82) is 0 Å². The van der Waals surface area contributed by atoms with Crippen molar-refractivity contribution < 1.29 is 14.6 Å². The SMILES string of the molecule is CN(C)CCOCCc1cccc(C(=O)O)c1N. The summed E-state index contributed by atoms with van der Waals surface area (Å²) in [7, 11) is 3.97. The molecule has 0 aromatic heterocycles. The second-order valence-electron chi connectivity index (χ2n) is 4.35. The van der Waals surface area contributed by atoms with Gasteiger partial charge in [0.2, 0.25) is 0 Å². The topological polar surface area (TPSA) is 75.8 Å². The summed E-state index contributed by atoms with van der Waals surface area (Å²) in [4.78, 5) is 12.9. The van der Waals surface area contributed by atoms with Gasteiger partial charge < -0.3 is 20.5 Å². The van der Waals surface area contributed by atoms with E-state index < -0.39 is 5.97 Å². The fraction of sp³-hybridized carbons (Fsp3) is 0.462. The van der Waals surface area contributed by atoms with Crippen LogP contribution in [0.5, 0.6) is 0 Å². The lowest BCUT2D eigenvalue weighted by Gasteiger charge is -2.11. The van der Waals surface area contributed by atoms with Crippen molar-refractivity contribution in [3.63, 3.8) is 0 Å². The number of nitrogen functional groups attached to an aromatic ring is 1. The first kappa shape index (κ1) is 14.5. The number of nitrogens with two attached hydrogens (primary N) is 1. The van der Waals surface area contributed by atoms with Gasteiger partial charge in [-0.25, -0.2) is 4.79 Å². The zero-order chi connectivity index (χ0) is 13.5. The number of benzene rings is 1. The number of carboxylic acids is 1. The van der Waals surface area contributed by atoms with Gasteiger partial charge in [-0.05, 0) is 32.1 Å². The van der Waals surface area contributed by atoms with E-state index in [2.05, 4.69) is 0 Å². The highest BCUT2D eigenvalue weighted by atomic mass is 16.5. The Balaban J connectivity index is 2.48. The maximum Gasteiger partial charge on any atom is 0.337 e. The van der Waals surface area contributed by atoms with E-state index in [1.165, 1.54) is 6.07 Å². The van der Waals surface area contributed by atoms with Crippen LogP contribution >= 0.6 is 0 Å². The van der Waals surface area contributed by atoms with Gasteiger partial charge in [-0.1, -0.05) is 12.1 Å². The minimum Gasteiger partial charge on any atom is -0.478 e. The summed E-state index contributed by atoms with van der Waals surface area (Å²) < 4.78 is 5.46. The van der Waals surface area contributed by atoms with Gasteiger partial charge in [-0.3, -0.25) is 0 Å². The molecule has 0 amide bonds. The van der Waals surface area contributed by atoms with Crippen LogP contribution in [0.2, 0.25) is 0 Å². The average Bonchev–Trinajstić information content (AvgIpc) is 2.30. The summed E-state index contributed by atoms with van der Waals surface area (Å²) in [5.41, 5.74) is 7.11. The van der Waals surface area contributed by atoms with Crippen molar-refractivity contribution in [3.8, 4) is 0 Å². The van der Waals surface area contributed by atoms with Crippen molar-refractivity contribution in [2.24, 2.45) is 0 Å². The van der Waals surface area contributed by atoms with Crippen molar-refractivity contribution in [2.45, 2.75) is 6.42 Å². The van der Waals surface area contributed by atoms with Crippen LogP contribution in [0.3, 0.4) is 0 Å². The molecular weight excluding hydrogens is 232 g/mol. The Hall–Kier alpha value is -1.59. The number of hydrogen-bond acceptors (Lipinski definition) is 4. The predicted octanol–water partition coefficient (Wildman–Crippen LogP) is 1.09. The maximum absolute atomic E-state index is 10.9. The Kier molecular flexibility index (Phi) is 5.61. The number of anilines is 1. The van der Waals surface area contributed by atoms with E-state index in [4.69, 9.17) is 15.6 Å². The Bertz CT molecular complexity index is 405. The number of ether oxygens (including phenoxy) is 1. The number of carbonyl (C=O) groups is 1. The van der Waals surface area contributed by atoms with Crippen LogP contribution in [-0.4, -0.2) is 49.8 Å². The number of likely N-dealkylation sites (N-methyl/N-ethyl adjacent to an activating group) is 1. The Morgan fingerprint density at radius 1 is 1.39 bits per heavy atom. The van der Waals surface area contributed by atoms with E-state index >= 15 is 0 Å². The van der Waals surface area contributed by atoms with E-state index in [0.29, 0.717) is 25.3 Å². The lowest BCUT2D eigenvalue weighted by Crippen LogP contribution is -2.18. The molecule has 0 unspecified atom stereocenters. The van der Waals surface area contributed by atoms with Gasteiger partial charge in [0, 0.05) is 12.2 Å². The van der Waals surface area contributed by atoms with Crippen LogP contribution in [-0.2, 0) is 11.2 Å². The molecule has 0 saturated heterocycles. The minimum atomic E-state index is -0.997. The van der Waals surface area contributed by atoms with Crippen molar-refractivity contribution in [3.05, 3.63) is 29.3 Å². The van der Waals surface area contributed by atoms with Gasteiger partial charge in [0.1, 0.15) is 0 Å². The van der Waals surface area contributed by atoms with E-state index in [1.54, 1.807) is 6.07 Å². The third-order valence-electron chi connectivity index (χ3n) is 2.63. The normalized spacial score (nSPS) is 10.8. The van der Waals surface area contributed by atoms with Crippen LogP contribution in [0.15, 0.2) is 18.2 Å². The standard InChI is InChI=1S/C13H20N2O3/c1-15(2)7-9-18-8-6-10-4-3-5-11(12(10)14)13(16)17/h3-5H,6-9,14H2,1-2H3,(H,16,17). The van der Waals surface area contributed by atoms with Crippen LogP contribution in [0.25, 0.3) is 0 Å². The highest BCUT2D eigenvalue weighted by molar-refractivity contribution is 5.94. The molecule has 1 aromatic carbocycles. The minimum absolute atomic E-state index is 0.154. The van der Waals surface area contributed by atoms with E-state index in [9.17, 15) is 4.79 Å². The molecule has 0 radical (unpaired) electrons. The fourth-order valence-corrected chi connectivity index (χ4v) is 1.55. The van der Waals surface area contributed by atoms with Crippen molar-refractivity contribution in [1.82, 2.24) is 4.90 Å². The molecule has 1 aromatic rings. The first-order chi connectivity index (χ1) is 8.52. The second kappa shape index (κ2) is 6.98. The molecule has 0 heterocycles. The van der Waals surface area contributed by atoms with Gasteiger partial charge >= 0.3 is 5.97 Å². The average molecular weight is 252 g/mol. The zero-order valence-corrected chi connectivity index (χ0v) is 10.8. The summed E-state index contributed by atoms with van der Waals surface area (Å²) in [5, 5.41) is 8.94. The van der Waals surface area contributed by atoms with Crippen LogP contribution in [0.1, 0.15) is 15.9 Å². The Labute approximate surface area is 107 Å². The smallest absolute Gasteiger partial charge is 0.337 e. The number of aromatic carboxylic acids is 1. The first-order valence-electron chi connectivity index (χ1n) is 5.85. The van der Waals surface area contributed by atoms with Gasteiger partial charge in [0.05, 0.1) is 18.8 Å². The third kappa shape index (κ3) is 4.35.